The fourth-order valence-corrected chi connectivity index (χ4v) is 5.52. The van der Waals surface area contributed by atoms with Gasteiger partial charge < -0.3 is 30.4 Å². The molecule has 0 aliphatic heterocycles. The van der Waals surface area contributed by atoms with Crippen LogP contribution in [-0.2, 0) is 9.59 Å². The van der Waals surface area contributed by atoms with Gasteiger partial charge in [-0.05, 0) is 73.0 Å². The maximum atomic E-state index is 13.6. The van der Waals surface area contributed by atoms with Gasteiger partial charge in [0.1, 0.15) is 5.70 Å². The number of thioether (sulfide) groups is 1. The standard InChI is InChI=1S/C35H32N4O5S/c1-22(33(40)37-27-16-15-23-17-18-36-29(23)21-27)45-28-13-8-12-26(20-28)38-35(42)30(39-34(41)24-9-5-4-6-10-24)19-25-11-7-14-31(43-2)32(25)44-3/h4-22,36H,1-3H3,(H,37,40)(H,38,42)(H,39,41)/b30-19+. The summed E-state index contributed by atoms with van der Waals surface area (Å²) in [6.07, 6.45) is 3.39. The summed E-state index contributed by atoms with van der Waals surface area (Å²) in [5.74, 6) is -0.248. The molecular formula is C35H32N4O5S. The second-order valence-corrected chi connectivity index (χ2v) is 11.4. The van der Waals surface area contributed by atoms with Gasteiger partial charge in [0.25, 0.3) is 11.8 Å². The molecule has 0 aliphatic rings. The van der Waals surface area contributed by atoms with Crippen molar-refractivity contribution in [3.63, 3.8) is 0 Å². The second-order valence-electron chi connectivity index (χ2n) is 9.97. The van der Waals surface area contributed by atoms with Crippen LogP contribution in [0, 0.1) is 0 Å². The van der Waals surface area contributed by atoms with Crippen LogP contribution >= 0.6 is 11.8 Å². The lowest BCUT2D eigenvalue weighted by atomic mass is 10.1. The fourth-order valence-electron chi connectivity index (χ4n) is 4.60. The molecule has 1 atom stereocenters. The molecule has 228 valence electrons. The number of ether oxygens (including phenoxy) is 2. The van der Waals surface area contributed by atoms with E-state index < -0.39 is 17.1 Å². The van der Waals surface area contributed by atoms with Crippen LogP contribution in [0.4, 0.5) is 11.4 Å². The number of hydrogen-bond acceptors (Lipinski definition) is 6. The summed E-state index contributed by atoms with van der Waals surface area (Å²) in [7, 11) is 3.02. The molecule has 0 radical (unpaired) electrons. The first-order chi connectivity index (χ1) is 21.8. The molecule has 1 heterocycles. The largest absolute Gasteiger partial charge is 0.493 e. The molecule has 4 N–H and O–H groups in total. The van der Waals surface area contributed by atoms with Crippen LogP contribution in [0.25, 0.3) is 17.0 Å². The van der Waals surface area contributed by atoms with Gasteiger partial charge in [-0.15, -0.1) is 11.8 Å². The van der Waals surface area contributed by atoms with E-state index in [1.54, 1.807) is 66.7 Å². The molecule has 0 spiro atoms. The van der Waals surface area contributed by atoms with Gasteiger partial charge in [0.05, 0.1) is 19.5 Å². The van der Waals surface area contributed by atoms with Gasteiger partial charge in [-0.2, -0.15) is 0 Å². The molecule has 0 saturated carbocycles. The summed E-state index contributed by atoms with van der Waals surface area (Å²) in [5.41, 5.74) is 3.07. The third-order valence-electron chi connectivity index (χ3n) is 6.86. The number of fused-ring (bicyclic) bond motifs is 1. The first kappa shape index (κ1) is 31.0. The summed E-state index contributed by atoms with van der Waals surface area (Å²) in [5, 5.41) is 9.22. The van der Waals surface area contributed by atoms with Crippen LogP contribution < -0.4 is 25.4 Å². The van der Waals surface area contributed by atoms with E-state index >= 15 is 0 Å². The predicted octanol–water partition coefficient (Wildman–Crippen LogP) is 6.71. The quantitative estimate of drug-likeness (QED) is 0.0962. The Morgan fingerprint density at radius 1 is 0.822 bits per heavy atom. The van der Waals surface area contributed by atoms with Crippen molar-refractivity contribution in [3.8, 4) is 11.5 Å². The number of aromatic amines is 1. The van der Waals surface area contributed by atoms with Crippen molar-refractivity contribution in [2.45, 2.75) is 17.1 Å². The Balaban J connectivity index is 1.33. The molecule has 1 unspecified atom stereocenters. The number of hydrogen-bond donors (Lipinski definition) is 4. The molecule has 1 aromatic heterocycles. The number of aromatic nitrogens is 1. The number of benzene rings is 4. The Morgan fingerprint density at radius 2 is 1.60 bits per heavy atom. The second kappa shape index (κ2) is 14.3. The maximum absolute atomic E-state index is 13.6. The van der Waals surface area contributed by atoms with E-state index in [0.29, 0.717) is 34.0 Å². The van der Waals surface area contributed by atoms with Crippen LogP contribution in [0.1, 0.15) is 22.8 Å². The van der Waals surface area contributed by atoms with Crippen LogP contribution in [-0.4, -0.2) is 42.2 Å². The van der Waals surface area contributed by atoms with Gasteiger partial charge in [-0.25, -0.2) is 0 Å². The average molecular weight is 621 g/mol. The molecule has 5 aromatic rings. The highest BCUT2D eigenvalue weighted by Crippen LogP contribution is 2.32. The first-order valence-electron chi connectivity index (χ1n) is 14.1. The van der Waals surface area contributed by atoms with Gasteiger partial charge in [0, 0.05) is 39.1 Å². The van der Waals surface area contributed by atoms with Gasteiger partial charge in [0.2, 0.25) is 5.91 Å². The molecule has 5 rings (SSSR count). The lowest BCUT2D eigenvalue weighted by molar-refractivity contribution is -0.115. The highest BCUT2D eigenvalue weighted by atomic mass is 32.2. The summed E-state index contributed by atoms with van der Waals surface area (Å²) >= 11 is 1.36. The van der Waals surface area contributed by atoms with Crippen molar-refractivity contribution in [2.24, 2.45) is 0 Å². The SMILES string of the molecule is COc1cccc(/C=C(/NC(=O)c2ccccc2)C(=O)Nc2cccc(SC(C)C(=O)Nc3ccc4cc[nH]c4c3)c2)c1OC. The van der Waals surface area contributed by atoms with Gasteiger partial charge in [-0.1, -0.05) is 42.5 Å². The van der Waals surface area contributed by atoms with Crippen molar-refractivity contribution in [3.05, 3.63) is 120 Å². The highest BCUT2D eigenvalue weighted by molar-refractivity contribution is 8.00. The monoisotopic (exact) mass is 620 g/mol. The highest BCUT2D eigenvalue weighted by Gasteiger charge is 2.19. The number of carbonyl (C=O) groups is 3. The number of carbonyl (C=O) groups excluding carboxylic acids is 3. The van der Waals surface area contributed by atoms with E-state index in [-0.39, 0.29) is 11.6 Å². The average Bonchev–Trinajstić information content (AvgIpc) is 3.53. The zero-order valence-corrected chi connectivity index (χ0v) is 25.7. The van der Waals surface area contributed by atoms with E-state index in [4.69, 9.17) is 9.47 Å². The summed E-state index contributed by atoms with van der Waals surface area (Å²) < 4.78 is 10.9. The molecule has 9 nitrogen and oxygen atoms in total. The topological polar surface area (TPSA) is 122 Å². The molecule has 0 fully saturated rings. The van der Waals surface area contributed by atoms with E-state index in [1.807, 2.05) is 43.5 Å². The van der Waals surface area contributed by atoms with Crippen molar-refractivity contribution in [1.29, 1.82) is 0 Å². The molecule has 10 heteroatoms. The number of methoxy groups -OCH3 is 2. The summed E-state index contributed by atoms with van der Waals surface area (Å²) in [6.45, 7) is 1.82. The van der Waals surface area contributed by atoms with Crippen LogP contribution in [0.3, 0.4) is 0 Å². The van der Waals surface area contributed by atoms with Crippen molar-refractivity contribution in [2.75, 3.05) is 24.9 Å². The van der Waals surface area contributed by atoms with Crippen LogP contribution in [0.15, 0.2) is 114 Å². The smallest absolute Gasteiger partial charge is 0.272 e. The van der Waals surface area contributed by atoms with Gasteiger partial charge in [0.15, 0.2) is 11.5 Å². The van der Waals surface area contributed by atoms with Crippen LogP contribution in [0.5, 0.6) is 11.5 Å². The minimum absolute atomic E-state index is 0.000226. The molecule has 4 aromatic carbocycles. The van der Waals surface area contributed by atoms with E-state index in [2.05, 4.69) is 20.9 Å². The number of nitrogens with one attached hydrogen (secondary N) is 4. The molecule has 0 aliphatic carbocycles. The lowest BCUT2D eigenvalue weighted by Gasteiger charge is -2.15. The Morgan fingerprint density at radius 3 is 2.38 bits per heavy atom. The minimum atomic E-state index is -0.545. The summed E-state index contributed by atoms with van der Waals surface area (Å²) in [6, 6.07) is 28.7. The Hall–Kier alpha value is -5.48. The van der Waals surface area contributed by atoms with E-state index in [0.717, 1.165) is 15.8 Å². The predicted molar refractivity (Wildman–Crippen MR) is 179 cm³/mol. The molecule has 0 bridgehead atoms. The maximum Gasteiger partial charge on any atom is 0.272 e. The fraction of sp³-hybridized carbons (Fsp3) is 0.114. The number of para-hydroxylation sites is 1. The lowest BCUT2D eigenvalue weighted by Crippen LogP contribution is -2.30. The third-order valence-corrected chi connectivity index (χ3v) is 7.95. The zero-order valence-electron chi connectivity index (χ0n) is 24.9. The normalized spacial score (nSPS) is 11.8. The number of anilines is 2. The van der Waals surface area contributed by atoms with Gasteiger partial charge in [-0.3, -0.25) is 14.4 Å². The zero-order chi connectivity index (χ0) is 31.8. The number of H-pyrrole nitrogens is 1. The van der Waals surface area contributed by atoms with E-state index in [9.17, 15) is 14.4 Å². The third kappa shape index (κ3) is 7.73. The Labute approximate surface area is 265 Å². The Bertz CT molecular complexity index is 1870. The number of rotatable bonds is 11. The van der Waals surface area contributed by atoms with Crippen molar-refractivity contribution < 1.29 is 23.9 Å². The van der Waals surface area contributed by atoms with E-state index in [1.165, 1.54) is 32.1 Å². The van der Waals surface area contributed by atoms with Crippen LogP contribution in [0.2, 0.25) is 0 Å². The van der Waals surface area contributed by atoms with Crippen molar-refractivity contribution in [1.82, 2.24) is 10.3 Å². The molecular weight excluding hydrogens is 588 g/mol. The van der Waals surface area contributed by atoms with Crippen molar-refractivity contribution >= 4 is 57.8 Å². The molecule has 3 amide bonds. The first-order valence-corrected chi connectivity index (χ1v) is 15.0. The Kier molecular flexibility index (Phi) is 9.86. The minimum Gasteiger partial charge on any atom is -0.493 e. The van der Waals surface area contributed by atoms with Gasteiger partial charge >= 0.3 is 0 Å². The number of amides is 3. The molecule has 0 saturated heterocycles. The summed E-state index contributed by atoms with van der Waals surface area (Å²) in [4.78, 5) is 43.6. The molecule has 45 heavy (non-hydrogen) atoms.